The Balaban J connectivity index is 2.79. The molecular formula is C13H28N2O4S. The van der Waals surface area contributed by atoms with Crippen LogP contribution in [0.5, 0.6) is 0 Å². The Hall–Kier alpha value is -0.210. The summed E-state index contributed by atoms with van der Waals surface area (Å²) in [6, 6.07) is 0. The molecular weight excluding hydrogens is 280 g/mol. The first-order valence-electron chi connectivity index (χ1n) is 7.26. The molecule has 0 bridgehead atoms. The molecule has 1 atom stereocenters. The van der Waals surface area contributed by atoms with Crippen LogP contribution in [0.3, 0.4) is 0 Å². The SMILES string of the molecule is COCCN(CC(C)C)S(=O)(=O)N1CCCC(CO)C1. The van der Waals surface area contributed by atoms with E-state index >= 15 is 0 Å². The highest BCUT2D eigenvalue weighted by atomic mass is 32.2. The predicted molar refractivity (Wildman–Crippen MR) is 78.6 cm³/mol. The molecule has 1 rings (SSSR count). The summed E-state index contributed by atoms with van der Waals surface area (Å²) in [5.41, 5.74) is 0. The van der Waals surface area contributed by atoms with Crippen LogP contribution in [0.15, 0.2) is 0 Å². The van der Waals surface area contributed by atoms with Gasteiger partial charge in [0.05, 0.1) is 6.61 Å². The van der Waals surface area contributed by atoms with Crippen molar-refractivity contribution in [3.05, 3.63) is 0 Å². The normalized spacial score (nSPS) is 21.8. The average Bonchev–Trinajstić information content (AvgIpc) is 2.43. The molecule has 7 heteroatoms. The fourth-order valence-corrected chi connectivity index (χ4v) is 4.33. The predicted octanol–water partition coefficient (Wildman–Crippen LogP) is 0.540. The van der Waals surface area contributed by atoms with Crippen LogP contribution in [-0.4, -0.2) is 68.6 Å². The summed E-state index contributed by atoms with van der Waals surface area (Å²) < 4.78 is 33.4. The molecule has 0 amide bonds. The van der Waals surface area contributed by atoms with Crippen molar-refractivity contribution in [2.45, 2.75) is 26.7 Å². The van der Waals surface area contributed by atoms with Crippen molar-refractivity contribution in [1.82, 2.24) is 8.61 Å². The molecule has 0 spiro atoms. The molecule has 0 aliphatic carbocycles. The molecule has 1 heterocycles. The quantitative estimate of drug-likeness (QED) is 0.710. The summed E-state index contributed by atoms with van der Waals surface area (Å²) in [6.45, 7) is 6.27. The molecule has 1 fully saturated rings. The highest BCUT2D eigenvalue weighted by molar-refractivity contribution is 7.86. The van der Waals surface area contributed by atoms with Crippen molar-refractivity contribution in [1.29, 1.82) is 0 Å². The number of ether oxygens (including phenoxy) is 1. The van der Waals surface area contributed by atoms with Crippen molar-refractivity contribution in [2.75, 3.05) is 46.5 Å². The summed E-state index contributed by atoms with van der Waals surface area (Å²) in [5, 5.41) is 9.24. The van der Waals surface area contributed by atoms with E-state index < -0.39 is 10.2 Å². The number of aliphatic hydroxyl groups is 1. The van der Waals surface area contributed by atoms with Gasteiger partial charge in [-0.2, -0.15) is 17.0 Å². The Kier molecular flexibility index (Phi) is 7.39. The molecule has 120 valence electrons. The number of piperidine rings is 1. The Morgan fingerprint density at radius 3 is 2.70 bits per heavy atom. The Morgan fingerprint density at radius 1 is 1.45 bits per heavy atom. The first-order valence-corrected chi connectivity index (χ1v) is 8.66. The third-order valence-electron chi connectivity index (χ3n) is 3.51. The molecule has 1 aliphatic rings. The molecule has 20 heavy (non-hydrogen) atoms. The maximum absolute atomic E-state index is 12.7. The van der Waals surface area contributed by atoms with Crippen LogP contribution < -0.4 is 0 Å². The van der Waals surface area contributed by atoms with Crippen molar-refractivity contribution >= 4 is 10.2 Å². The monoisotopic (exact) mass is 308 g/mol. The van der Waals surface area contributed by atoms with Crippen molar-refractivity contribution in [2.24, 2.45) is 11.8 Å². The van der Waals surface area contributed by atoms with Crippen molar-refractivity contribution in [3.8, 4) is 0 Å². The molecule has 6 nitrogen and oxygen atoms in total. The van der Waals surface area contributed by atoms with E-state index in [0.717, 1.165) is 12.8 Å². The van der Waals surface area contributed by atoms with Gasteiger partial charge in [-0.1, -0.05) is 13.8 Å². The largest absolute Gasteiger partial charge is 0.396 e. The van der Waals surface area contributed by atoms with Crippen LogP contribution in [0.1, 0.15) is 26.7 Å². The third-order valence-corrected chi connectivity index (χ3v) is 5.47. The van der Waals surface area contributed by atoms with Crippen molar-refractivity contribution < 1.29 is 18.3 Å². The standard InChI is InChI=1S/C13H28N2O4S/c1-12(2)9-15(7-8-19-3)20(17,18)14-6-4-5-13(10-14)11-16/h12-13,16H,4-11H2,1-3H3. The summed E-state index contributed by atoms with van der Waals surface area (Å²) in [6.07, 6.45) is 1.70. The molecule has 0 radical (unpaired) electrons. The van der Waals surface area contributed by atoms with Gasteiger partial charge in [0.1, 0.15) is 0 Å². The van der Waals surface area contributed by atoms with E-state index in [4.69, 9.17) is 4.74 Å². The topological polar surface area (TPSA) is 70.1 Å². The minimum absolute atomic E-state index is 0.0499. The third kappa shape index (κ3) is 4.96. The van der Waals surface area contributed by atoms with Gasteiger partial charge in [-0.3, -0.25) is 0 Å². The maximum Gasteiger partial charge on any atom is 0.282 e. The summed E-state index contributed by atoms with van der Waals surface area (Å²) in [5.74, 6) is 0.321. The molecule has 0 aromatic heterocycles. The van der Waals surface area contributed by atoms with E-state index in [-0.39, 0.29) is 18.4 Å². The summed E-state index contributed by atoms with van der Waals surface area (Å²) in [4.78, 5) is 0. The lowest BCUT2D eigenvalue weighted by Gasteiger charge is -2.35. The van der Waals surface area contributed by atoms with E-state index in [0.29, 0.717) is 32.8 Å². The maximum atomic E-state index is 12.7. The van der Waals surface area contributed by atoms with Gasteiger partial charge in [0, 0.05) is 39.9 Å². The second kappa shape index (κ2) is 8.29. The molecule has 1 unspecified atom stereocenters. The van der Waals surface area contributed by atoms with Gasteiger partial charge in [0.2, 0.25) is 0 Å². The lowest BCUT2D eigenvalue weighted by molar-refractivity contribution is 0.150. The smallest absolute Gasteiger partial charge is 0.282 e. The number of methoxy groups -OCH3 is 1. The van der Waals surface area contributed by atoms with Crippen molar-refractivity contribution in [3.63, 3.8) is 0 Å². The van der Waals surface area contributed by atoms with E-state index in [1.165, 1.54) is 8.61 Å². The van der Waals surface area contributed by atoms with Crippen LogP contribution >= 0.6 is 0 Å². The van der Waals surface area contributed by atoms with Crippen LogP contribution in [-0.2, 0) is 14.9 Å². The second-order valence-corrected chi connectivity index (χ2v) is 7.73. The summed E-state index contributed by atoms with van der Waals surface area (Å²) >= 11 is 0. The van der Waals surface area contributed by atoms with Gasteiger partial charge in [-0.05, 0) is 24.7 Å². The van der Waals surface area contributed by atoms with E-state index in [9.17, 15) is 13.5 Å². The minimum atomic E-state index is -3.46. The minimum Gasteiger partial charge on any atom is -0.396 e. The zero-order valence-corrected chi connectivity index (χ0v) is 13.6. The molecule has 0 aromatic rings. The fraction of sp³-hybridized carbons (Fsp3) is 1.00. The van der Waals surface area contributed by atoms with E-state index in [1.807, 2.05) is 13.8 Å². The first kappa shape index (κ1) is 17.8. The fourth-order valence-electron chi connectivity index (χ4n) is 2.45. The molecule has 1 N–H and O–H groups in total. The number of aliphatic hydroxyl groups excluding tert-OH is 1. The number of hydrogen-bond acceptors (Lipinski definition) is 4. The van der Waals surface area contributed by atoms with Gasteiger partial charge >= 0.3 is 0 Å². The highest BCUT2D eigenvalue weighted by Gasteiger charge is 2.33. The number of rotatable bonds is 8. The zero-order chi connectivity index (χ0) is 15.2. The van der Waals surface area contributed by atoms with Gasteiger partial charge in [-0.25, -0.2) is 0 Å². The average molecular weight is 308 g/mol. The van der Waals surface area contributed by atoms with E-state index in [1.54, 1.807) is 7.11 Å². The Labute approximate surface area is 122 Å². The van der Waals surface area contributed by atoms with Crippen LogP contribution in [0.25, 0.3) is 0 Å². The van der Waals surface area contributed by atoms with Gasteiger partial charge in [0.15, 0.2) is 0 Å². The summed E-state index contributed by atoms with van der Waals surface area (Å²) in [7, 11) is -1.89. The van der Waals surface area contributed by atoms with Gasteiger partial charge in [0.25, 0.3) is 10.2 Å². The first-order chi connectivity index (χ1) is 9.41. The number of hydrogen-bond donors (Lipinski definition) is 1. The van der Waals surface area contributed by atoms with Crippen LogP contribution in [0.4, 0.5) is 0 Å². The molecule has 1 aliphatic heterocycles. The van der Waals surface area contributed by atoms with E-state index in [2.05, 4.69) is 0 Å². The zero-order valence-electron chi connectivity index (χ0n) is 12.8. The highest BCUT2D eigenvalue weighted by Crippen LogP contribution is 2.21. The lowest BCUT2D eigenvalue weighted by Crippen LogP contribution is -2.50. The Bertz CT molecular complexity index is 373. The van der Waals surface area contributed by atoms with Crippen LogP contribution in [0, 0.1) is 11.8 Å². The van der Waals surface area contributed by atoms with Gasteiger partial charge in [-0.15, -0.1) is 0 Å². The number of nitrogens with zero attached hydrogens (tertiary/aromatic N) is 2. The molecule has 0 aromatic carbocycles. The second-order valence-electron chi connectivity index (χ2n) is 5.80. The molecule has 0 saturated carbocycles. The molecule has 1 saturated heterocycles. The Morgan fingerprint density at radius 2 is 2.15 bits per heavy atom. The lowest BCUT2D eigenvalue weighted by atomic mass is 10.0. The van der Waals surface area contributed by atoms with Gasteiger partial charge < -0.3 is 9.84 Å². The van der Waals surface area contributed by atoms with Crippen LogP contribution in [0.2, 0.25) is 0 Å².